The van der Waals surface area contributed by atoms with Gasteiger partial charge < -0.3 is 9.50 Å². The Hall–Kier alpha value is -3.37. The van der Waals surface area contributed by atoms with Crippen molar-refractivity contribution in [3.8, 4) is 5.75 Å². The number of nitrogens with one attached hydrogen (secondary N) is 2. The summed E-state index contributed by atoms with van der Waals surface area (Å²) in [5.74, 6) is 0.0411. The predicted octanol–water partition coefficient (Wildman–Crippen LogP) is 3.27. The van der Waals surface area contributed by atoms with Crippen LogP contribution in [0.5, 0.6) is 5.75 Å². The smallest absolute Gasteiger partial charge is 0.339 e. The van der Waals surface area contributed by atoms with E-state index in [0.717, 1.165) is 5.56 Å². The van der Waals surface area contributed by atoms with Crippen LogP contribution in [0.15, 0.2) is 88.7 Å². The Bertz CT molecular complexity index is 1260. The molecule has 8 nitrogen and oxygen atoms in total. The Morgan fingerprint density at radius 1 is 0.800 bits per heavy atom. The number of sulfonamides is 1. The minimum Gasteiger partial charge on any atom is -0.379 e. The highest BCUT2D eigenvalue weighted by Crippen LogP contribution is 2.21. The van der Waals surface area contributed by atoms with E-state index in [0.29, 0.717) is 0 Å². The van der Waals surface area contributed by atoms with Crippen LogP contribution in [0.2, 0.25) is 0 Å². The summed E-state index contributed by atoms with van der Waals surface area (Å²) in [5.41, 5.74) is 1.02. The largest absolute Gasteiger partial charge is 0.379 e. The van der Waals surface area contributed by atoms with Crippen molar-refractivity contribution in [3.05, 3.63) is 84.4 Å². The zero-order valence-electron chi connectivity index (χ0n) is 15.8. The van der Waals surface area contributed by atoms with Crippen LogP contribution in [0.25, 0.3) is 0 Å². The lowest BCUT2D eigenvalue weighted by Gasteiger charge is -2.10. The highest BCUT2D eigenvalue weighted by atomic mass is 32.2. The Labute approximate surface area is 174 Å². The number of benzene rings is 3. The quantitative estimate of drug-likeness (QED) is 0.561. The van der Waals surface area contributed by atoms with E-state index < -0.39 is 26.2 Å². The highest BCUT2D eigenvalue weighted by molar-refractivity contribution is 7.90. The number of hydrogen-bond acceptors (Lipinski definition) is 6. The summed E-state index contributed by atoms with van der Waals surface area (Å²) in [7, 11) is -8.02. The molecule has 0 bridgehead atoms. The maximum atomic E-state index is 12.3. The Kier molecular flexibility index (Phi) is 6.09. The van der Waals surface area contributed by atoms with Crippen LogP contribution >= 0.6 is 0 Å². The van der Waals surface area contributed by atoms with Crippen LogP contribution in [0.4, 0.5) is 10.5 Å². The lowest BCUT2D eigenvalue weighted by atomic mass is 10.2. The first-order chi connectivity index (χ1) is 14.2. The maximum absolute atomic E-state index is 12.3. The third-order valence-electron chi connectivity index (χ3n) is 3.88. The molecule has 2 N–H and O–H groups in total. The lowest BCUT2D eigenvalue weighted by Crippen LogP contribution is -2.34. The van der Waals surface area contributed by atoms with E-state index in [4.69, 9.17) is 4.18 Å². The van der Waals surface area contributed by atoms with Gasteiger partial charge in [-0.25, -0.2) is 17.9 Å². The van der Waals surface area contributed by atoms with Crippen molar-refractivity contribution in [1.29, 1.82) is 0 Å². The Morgan fingerprint density at radius 2 is 1.43 bits per heavy atom. The summed E-state index contributed by atoms with van der Waals surface area (Å²) < 4.78 is 56.0. The summed E-state index contributed by atoms with van der Waals surface area (Å²) in [4.78, 5) is 12.0. The summed E-state index contributed by atoms with van der Waals surface area (Å²) in [6.07, 6.45) is 0. The fourth-order valence-electron chi connectivity index (χ4n) is 2.48. The number of carbonyl (C=O) groups is 1. The second kappa shape index (κ2) is 8.56. The molecule has 0 fully saturated rings. The van der Waals surface area contributed by atoms with Crippen LogP contribution in [-0.4, -0.2) is 22.9 Å². The number of urea groups is 1. The van der Waals surface area contributed by atoms with Gasteiger partial charge in [-0.3, -0.25) is 0 Å². The number of amides is 2. The molecule has 0 aromatic heterocycles. The SMILES string of the molecule is Cc1cccc(S(=O)(=O)Oc2ccc(NC(=O)NS(=O)(=O)c3ccccc3)cc2)c1. The molecule has 0 saturated heterocycles. The van der Waals surface area contributed by atoms with Crippen molar-refractivity contribution >= 4 is 31.9 Å². The minimum atomic E-state index is -4.01. The van der Waals surface area contributed by atoms with Crippen molar-refractivity contribution in [2.45, 2.75) is 16.7 Å². The summed E-state index contributed by atoms with van der Waals surface area (Å²) in [6.45, 7) is 1.77. The van der Waals surface area contributed by atoms with Crippen LogP contribution < -0.4 is 14.2 Å². The molecule has 3 aromatic rings. The van der Waals surface area contributed by atoms with E-state index in [1.165, 1.54) is 60.7 Å². The zero-order chi connectivity index (χ0) is 21.8. The maximum Gasteiger partial charge on any atom is 0.339 e. The fraction of sp³-hybridized carbons (Fsp3) is 0.0500. The number of hydrogen-bond donors (Lipinski definition) is 2. The number of carbonyl (C=O) groups excluding carboxylic acids is 1. The molecule has 0 aliphatic heterocycles. The van der Waals surface area contributed by atoms with Gasteiger partial charge in [0.1, 0.15) is 10.6 Å². The first kappa shape index (κ1) is 21.3. The van der Waals surface area contributed by atoms with Crippen LogP contribution in [0.3, 0.4) is 0 Å². The molecule has 0 radical (unpaired) electrons. The van der Waals surface area contributed by atoms with E-state index >= 15 is 0 Å². The first-order valence-electron chi connectivity index (χ1n) is 8.66. The molecule has 0 saturated carbocycles. The van der Waals surface area contributed by atoms with Crippen molar-refractivity contribution in [1.82, 2.24) is 4.72 Å². The van der Waals surface area contributed by atoms with Crippen molar-refractivity contribution < 1.29 is 25.8 Å². The van der Waals surface area contributed by atoms with Crippen LogP contribution in [0, 0.1) is 6.92 Å². The van der Waals surface area contributed by atoms with Gasteiger partial charge in [0.2, 0.25) is 0 Å². The third kappa shape index (κ3) is 5.37. The molecule has 0 unspecified atom stereocenters. The van der Waals surface area contributed by atoms with Crippen LogP contribution in [0.1, 0.15) is 5.56 Å². The van der Waals surface area contributed by atoms with Gasteiger partial charge >= 0.3 is 16.1 Å². The molecule has 0 aliphatic carbocycles. The second-order valence-electron chi connectivity index (χ2n) is 6.25. The standard InChI is InChI=1S/C20H18N2O6S2/c1-15-6-5-9-19(14-15)30(26,27)28-17-12-10-16(11-13-17)21-20(23)22-29(24,25)18-7-3-2-4-8-18/h2-14H,1H3,(H2,21,22,23). The molecule has 2 amide bonds. The van der Waals surface area contributed by atoms with Crippen LogP contribution in [-0.2, 0) is 20.1 Å². The Balaban J connectivity index is 1.65. The van der Waals surface area contributed by atoms with Gasteiger partial charge in [0.05, 0.1) is 4.90 Å². The van der Waals surface area contributed by atoms with E-state index in [1.807, 2.05) is 4.72 Å². The molecule has 0 spiro atoms. The van der Waals surface area contributed by atoms with Gasteiger partial charge in [-0.05, 0) is 61.0 Å². The average Bonchev–Trinajstić information content (AvgIpc) is 2.69. The Morgan fingerprint density at radius 3 is 2.07 bits per heavy atom. The lowest BCUT2D eigenvalue weighted by molar-refractivity contribution is 0.256. The average molecular weight is 447 g/mol. The molecule has 3 rings (SSSR count). The van der Waals surface area contributed by atoms with Gasteiger partial charge in [0, 0.05) is 5.69 Å². The molecule has 10 heteroatoms. The van der Waals surface area contributed by atoms with Crippen molar-refractivity contribution in [2.75, 3.05) is 5.32 Å². The van der Waals surface area contributed by atoms with Gasteiger partial charge in [0.25, 0.3) is 10.0 Å². The molecule has 3 aromatic carbocycles. The molecule has 0 aliphatic rings. The predicted molar refractivity (Wildman–Crippen MR) is 111 cm³/mol. The second-order valence-corrected chi connectivity index (χ2v) is 9.48. The molecular weight excluding hydrogens is 428 g/mol. The summed E-state index contributed by atoms with van der Waals surface area (Å²) >= 11 is 0. The monoisotopic (exact) mass is 446 g/mol. The zero-order valence-corrected chi connectivity index (χ0v) is 17.4. The van der Waals surface area contributed by atoms with E-state index in [9.17, 15) is 21.6 Å². The normalized spacial score (nSPS) is 11.5. The molecule has 0 atom stereocenters. The van der Waals surface area contributed by atoms with Crippen molar-refractivity contribution in [3.63, 3.8) is 0 Å². The molecular formula is C20H18N2O6S2. The number of rotatable bonds is 6. The summed E-state index contributed by atoms with van der Waals surface area (Å²) in [5, 5.41) is 2.36. The van der Waals surface area contributed by atoms with Gasteiger partial charge in [0.15, 0.2) is 0 Å². The van der Waals surface area contributed by atoms with Gasteiger partial charge in [-0.1, -0.05) is 30.3 Å². The van der Waals surface area contributed by atoms with E-state index in [2.05, 4.69) is 5.32 Å². The summed E-state index contributed by atoms with van der Waals surface area (Å²) in [6, 6.07) is 18.2. The highest BCUT2D eigenvalue weighted by Gasteiger charge is 2.18. The molecule has 156 valence electrons. The number of anilines is 1. The van der Waals surface area contributed by atoms with Crippen molar-refractivity contribution in [2.24, 2.45) is 0 Å². The van der Waals surface area contributed by atoms with E-state index in [-0.39, 0.29) is 21.2 Å². The third-order valence-corrected chi connectivity index (χ3v) is 6.47. The minimum absolute atomic E-state index is 0.0233. The molecule has 30 heavy (non-hydrogen) atoms. The van der Waals surface area contributed by atoms with E-state index in [1.54, 1.807) is 25.1 Å². The van der Waals surface area contributed by atoms with Gasteiger partial charge in [-0.15, -0.1) is 0 Å². The molecule has 0 heterocycles. The fourth-order valence-corrected chi connectivity index (χ4v) is 4.44. The topological polar surface area (TPSA) is 119 Å². The number of aryl methyl sites for hydroxylation is 1. The first-order valence-corrected chi connectivity index (χ1v) is 11.5. The van der Waals surface area contributed by atoms with Gasteiger partial charge in [-0.2, -0.15) is 8.42 Å².